The number of piperidine rings is 1. The first kappa shape index (κ1) is 34.0. The second-order valence-corrected chi connectivity index (χ2v) is 9.49. The molecule has 15 heteroatoms. The predicted octanol–water partition coefficient (Wildman–Crippen LogP) is 5.23. The standard InChI is InChI=1S/C22H30N2O3.2C2HF3O2/c1-18-2-3-21(27-18)16-24-12-8-22(9-13-24)20(7-15-26-22)6-14-25-17-19-4-10-23-11-5-19;2*3-2(4,5)1(6)7/h2-5,10-11,20H,6-9,12-17H2,1H3;2*(H,6,7). The van der Waals surface area contributed by atoms with Gasteiger partial charge in [0.05, 0.1) is 18.8 Å². The van der Waals surface area contributed by atoms with Gasteiger partial charge in [0, 0.05) is 38.7 Å². The molecule has 2 aliphatic rings. The van der Waals surface area contributed by atoms with Crippen LogP contribution in [-0.4, -0.2) is 76.3 Å². The Hall–Kier alpha value is -3.17. The molecule has 0 amide bonds. The summed E-state index contributed by atoms with van der Waals surface area (Å²) in [6.45, 7) is 7.42. The van der Waals surface area contributed by atoms with Crippen molar-refractivity contribution in [3.05, 3.63) is 53.7 Å². The van der Waals surface area contributed by atoms with E-state index >= 15 is 0 Å². The molecule has 1 unspecified atom stereocenters. The molecular formula is C26H32F6N2O7. The first-order valence-electron chi connectivity index (χ1n) is 12.6. The quantitative estimate of drug-likeness (QED) is 0.326. The number of aromatic nitrogens is 1. The van der Waals surface area contributed by atoms with Crippen molar-refractivity contribution in [2.75, 3.05) is 26.3 Å². The average Bonchev–Trinajstić information content (AvgIpc) is 3.49. The fourth-order valence-electron chi connectivity index (χ4n) is 4.52. The van der Waals surface area contributed by atoms with E-state index in [9.17, 15) is 26.3 Å². The van der Waals surface area contributed by atoms with Crippen LogP contribution >= 0.6 is 0 Å². The van der Waals surface area contributed by atoms with Gasteiger partial charge in [-0.3, -0.25) is 9.88 Å². The molecule has 1 spiro atoms. The van der Waals surface area contributed by atoms with Gasteiger partial charge in [-0.05, 0) is 68.4 Å². The van der Waals surface area contributed by atoms with Gasteiger partial charge in [0.1, 0.15) is 11.5 Å². The van der Waals surface area contributed by atoms with Crippen LogP contribution in [0.15, 0.2) is 41.1 Å². The zero-order valence-corrected chi connectivity index (χ0v) is 22.2. The zero-order chi connectivity index (χ0) is 30.7. The molecule has 9 nitrogen and oxygen atoms in total. The summed E-state index contributed by atoms with van der Waals surface area (Å²) in [5.74, 6) is -2.84. The number of likely N-dealkylation sites (tertiary alicyclic amines) is 1. The Morgan fingerprint density at radius 1 is 1.02 bits per heavy atom. The number of aliphatic carboxylic acids is 2. The third kappa shape index (κ3) is 11.7. The maximum Gasteiger partial charge on any atom is 0.490 e. The number of carboxylic acids is 2. The first-order valence-corrected chi connectivity index (χ1v) is 12.6. The topological polar surface area (TPSA) is 122 Å². The molecule has 4 rings (SSSR count). The Morgan fingerprint density at radius 2 is 1.59 bits per heavy atom. The Balaban J connectivity index is 0.000000349. The molecule has 0 bridgehead atoms. The SMILES string of the molecule is Cc1ccc(CN2CCC3(CC2)OCCC3CCOCc2ccncc2)o1.O=C(O)C(F)(F)F.O=C(O)C(F)(F)F. The molecule has 2 saturated heterocycles. The van der Waals surface area contributed by atoms with Crippen LogP contribution < -0.4 is 0 Å². The van der Waals surface area contributed by atoms with E-state index in [4.69, 9.17) is 33.7 Å². The Kier molecular flexibility index (Phi) is 12.6. The highest BCUT2D eigenvalue weighted by molar-refractivity contribution is 5.73. The van der Waals surface area contributed by atoms with Crippen LogP contribution in [0.3, 0.4) is 0 Å². The van der Waals surface area contributed by atoms with E-state index < -0.39 is 24.3 Å². The highest BCUT2D eigenvalue weighted by atomic mass is 19.4. The molecule has 41 heavy (non-hydrogen) atoms. The number of carboxylic acid groups (broad SMARTS) is 2. The van der Waals surface area contributed by atoms with Crippen LogP contribution in [-0.2, 0) is 32.2 Å². The molecule has 2 aromatic heterocycles. The van der Waals surface area contributed by atoms with E-state index in [0.717, 1.165) is 70.1 Å². The number of pyridine rings is 1. The molecule has 0 radical (unpaired) electrons. The van der Waals surface area contributed by atoms with E-state index in [0.29, 0.717) is 12.5 Å². The Morgan fingerprint density at radius 3 is 2.07 bits per heavy atom. The molecule has 2 N–H and O–H groups in total. The number of hydrogen-bond donors (Lipinski definition) is 2. The number of carbonyl (C=O) groups is 2. The minimum absolute atomic E-state index is 0.0651. The molecule has 0 aromatic carbocycles. The van der Waals surface area contributed by atoms with E-state index in [1.165, 1.54) is 5.56 Å². The summed E-state index contributed by atoms with van der Waals surface area (Å²) in [6, 6.07) is 8.16. The monoisotopic (exact) mass is 598 g/mol. The smallest absolute Gasteiger partial charge is 0.475 e. The highest BCUT2D eigenvalue weighted by Crippen LogP contribution is 2.42. The second kappa shape index (κ2) is 15.2. The largest absolute Gasteiger partial charge is 0.490 e. The van der Waals surface area contributed by atoms with Crippen LogP contribution in [0.25, 0.3) is 0 Å². The zero-order valence-electron chi connectivity index (χ0n) is 22.2. The van der Waals surface area contributed by atoms with E-state index in [2.05, 4.69) is 16.0 Å². The molecular weight excluding hydrogens is 566 g/mol. The molecule has 4 heterocycles. The van der Waals surface area contributed by atoms with Crippen molar-refractivity contribution >= 4 is 11.9 Å². The van der Waals surface area contributed by atoms with Gasteiger partial charge in [0.2, 0.25) is 0 Å². The molecule has 2 aliphatic heterocycles. The van der Waals surface area contributed by atoms with E-state index in [1.54, 1.807) is 0 Å². The minimum Gasteiger partial charge on any atom is -0.475 e. The Bertz CT molecular complexity index is 1060. The van der Waals surface area contributed by atoms with Crippen molar-refractivity contribution in [1.29, 1.82) is 0 Å². The van der Waals surface area contributed by atoms with Crippen molar-refractivity contribution in [3.8, 4) is 0 Å². The van der Waals surface area contributed by atoms with Gasteiger partial charge in [-0.15, -0.1) is 0 Å². The molecule has 230 valence electrons. The lowest BCUT2D eigenvalue weighted by Crippen LogP contribution is -2.47. The molecule has 0 aliphatic carbocycles. The van der Waals surface area contributed by atoms with Gasteiger partial charge in [-0.2, -0.15) is 26.3 Å². The summed E-state index contributed by atoms with van der Waals surface area (Å²) in [4.78, 5) is 24.3. The second-order valence-electron chi connectivity index (χ2n) is 9.49. The summed E-state index contributed by atoms with van der Waals surface area (Å²) >= 11 is 0. The number of halogens is 6. The lowest BCUT2D eigenvalue weighted by atomic mass is 9.78. The van der Waals surface area contributed by atoms with Crippen molar-refractivity contribution in [2.24, 2.45) is 5.92 Å². The Labute approximate surface area is 232 Å². The maximum atomic E-state index is 10.6. The number of ether oxygens (including phenoxy) is 2. The highest BCUT2D eigenvalue weighted by Gasteiger charge is 2.45. The minimum atomic E-state index is -5.08. The van der Waals surface area contributed by atoms with Crippen molar-refractivity contribution < 1.29 is 60.0 Å². The first-order chi connectivity index (χ1) is 19.1. The lowest BCUT2D eigenvalue weighted by Gasteiger charge is -2.42. The van der Waals surface area contributed by atoms with Gasteiger partial charge < -0.3 is 24.1 Å². The fraction of sp³-hybridized carbons (Fsp3) is 0.577. The lowest BCUT2D eigenvalue weighted by molar-refractivity contribution is -0.193. The van der Waals surface area contributed by atoms with Crippen LogP contribution in [0.5, 0.6) is 0 Å². The molecule has 2 fully saturated rings. The van der Waals surface area contributed by atoms with Crippen LogP contribution in [0, 0.1) is 12.8 Å². The van der Waals surface area contributed by atoms with Crippen molar-refractivity contribution in [3.63, 3.8) is 0 Å². The van der Waals surface area contributed by atoms with Crippen LogP contribution in [0.2, 0.25) is 0 Å². The van der Waals surface area contributed by atoms with Crippen molar-refractivity contribution in [2.45, 2.75) is 63.7 Å². The van der Waals surface area contributed by atoms with Gasteiger partial charge in [0.25, 0.3) is 0 Å². The van der Waals surface area contributed by atoms with Gasteiger partial charge in [0.15, 0.2) is 0 Å². The van der Waals surface area contributed by atoms with Crippen LogP contribution in [0.4, 0.5) is 26.3 Å². The molecule has 2 aromatic rings. The van der Waals surface area contributed by atoms with Gasteiger partial charge in [-0.25, -0.2) is 9.59 Å². The maximum absolute atomic E-state index is 10.6. The molecule has 1 atom stereocenters. The average molecular weight is 599 g/mol. The van der Waals surface area contributed by atoms with Crippen LogP contribution in [0.1, 0.15) is 42.8 Å². The summed E-state index contributed by atoms with van der Waals surface area (Å²) in [6.07, 6.45) is -2.06. The number of alkyl halides is 6. The third-order valence-corrected chi connectivity index (χ3v) is 6.59. The normalized spacial score (nSPS) is 18.7. The van der Waals surface area contributed by atoms with Gasteiger partial charge in [-0.1, -0.05) is 0 Å². The van der Waals surface area contributed by atoms with Gasteiger partial charge >= 0.3 is 24.3 Å². The number of furan rings is 1. The summed E-state index contributed by atoms with van der Waals surface area (Å²) < 4.78 is 81.4. The third-order valence-electron chi connectivity index (χ3n) is 6.59. The van der Waals surface area contributed by atoms with Crippen molar-refractivity contribution in [1.82, 2.24) is 9.88 Å². The predicted molar refractivity (Wildman–Crippen MR) is 131 cm³/mol. The number of hydrogen-bond acceptors (Lipinski definition) is 7. The number of aryl methyl sites for hydroxylation is 1. The van der Waals surface area contributed by atoms with E-state index in [1.807, 2.05) is 37.5 Å². The molecule has 0 saturated carbocycles. The number of rotatable bonds is 7. The summed E-state index contributed by atoms with van der Waals surface area (Å²) in [5.41, 5.74) is 1.25. The summed E-state index contributed by atoms with van der Waals surface area (Å²) in [7, 11) is 0. The number of nitrogens with zero attached hydrogens (tertiary/aromatic N) is 2. The fourth-order valence-corrected chi connectivity index (χ4v) is 4.52. The van der Waals surface area contributed by atoms with E-state index in [-0.39, 0.29) is 5.60 Å². The summed E-state index contributed by atoms with van der Waals surface area (Å²) in [5, 5.41) is 14.2.